The first-order chi connectivity index (χ1) is 9.43. The Balaban J connectivity index is 3.11. The summed E-state index contributed by atoms with van der Waals surface area (Å²) in [6.45, 7) is 3.30. The van der Waals surface area contributed by atoms with Crippen molar-refractivity contribution < 1.29 is 13.2 Å². The van der Waals surface area contributed by atoms with Crippen molar-refractivity contribution in [2.45, 2.75) is 18.2 Å². The van der Waals surface area contributed by atoms with E-state index in [-0.39, 0.29) is 4.90 Å². The van der Waals surface area contributed by atoms with E-state index < -0.39 is 10.0 Å². The Bertz CT molecular complexity index is 537. The SMILES string of the molecule is CCCNc1ncc(Br)cc1S(=O)(=O)N(C)CCOC. The van der Waals surface area contributed by atoms with E-state index in [9.17, 15) is 8.42 Å². The molecular formula is C12H20BrN3O3S. The summed E-state index contributed by atoms with van der Waals surface area (Å²) in [4.78, 5) is 4.32. The van der Waals surface area contributed by atoms with Gasteiger partial charge in [-0.1, -0.05) is 6.92 Å². The number of hydrogen-bond acceptors (Lipinski definition) is 5. The summed E-state index contributed by atoms with van der Waals surface area (Å²) >= 11 is 3.26. The van der Waals surface area contributed by atoms with Crippen molar-refractivity contribution in [3.05, 3.63) is 16.7 Å². The van der Waals surface area contributed by atoms with Gasteiger partial charge in [0, 0.05) is 37.9 Å². The summed E-state index contributed by atoms with van der Waals surface area (Å²) in [6, 6.07) is 1.56. The Kier molecular flexibility index (Phi) is 6.87. The van der Waals surface area contributed by atoms with Gasteiger partial charge in [-0.05, 0) is 28.4 Å². The number of anilines is 1. The quantitative estimate of drug-likeness (QED) is 0.761. The van der Waals surface area contributed by atoms with Gasteiger partial charge in [-0.3, -0.25) is 0 Å². The second-order valence-electron chi connectivity index (χ2n) is 4.25. The predicted octanol–water partition coefficient (Wildman–Crippen LogP) is 1.93. The zero-order chi connectivity index (χ0) is 15.2. The number of ether oxygens (including phenoxy) is 1. The third-order valence-corrected chi connectivity index (χ3v) is 4.96. The topological polar surface area (TPSA) is 71.5 Å². The van der Waals surface area contributed by atoms with Crippen LogP contribution in [0.4, 0.5) is 5.82 Å². The van der Waals surface area contributed by atoms with E-state index >= 15 is 0 Å². The van der Waals surface area contributed by atoms with Gasteiger partial charge >= 0.3 is 0 Å². The molecule has 0 spiro atoms. The summed E-state index contributed by atoms with van der Waals surface area (Å²) in [7, 11) is -0.533. The molecule has 1 N–H and O–H groups in total. The van der Waals surface area contributed by atoms with Crippen LogP contribution in [0.2, 0.25) is 0 Å². The molecule has 0 unspecified atom stereocenters. The van der Waals surface area contributed by atoms with Crippen molar-refractivity contribution >= 4 is 31.8 Å². The van der Waals surface area contributed by atoms with Crippen LogP contribution in [-0.2, 0) is 14.8 Å². The minimum absolute atomic E-state index is 0.166. The molecule has 20 heavy (non-hydrogen) atoms. The van der Waals surface area contributed by atoms with Gasteiger partial charge in [0.1, 0.15) is 10.7 Å². The highest BCUT2D eigenvalue weighted by Crippen LogP contribution is 2.25. The van der Waals surface area contributed by atoms with E-state index in [2.05, 4.69) is 26.2 Å². The van der Waals surface area contributed by atoms with E-state index in [0.717, 1.165) is 6.42 Å². The lowest BCUT2D eigenvalue weighted by atomic mass is 10.4. The third-order valence-electron chi connectivity index (χ3n) is 2.66. The molecule has 1 heterocycles. The second kappa shape index (κ2) is 7.92. The van der Waals surface area contributed by atoms with Gasteiger partial charge in [0.15, 0.2) is 0 Å². The van der Waals surface area contributed by atoms with Crippen molar-refractivity contribution in [1.82, 2.24) is 9.29 Å². The summed E-state index contributed by atoms with van der Waals surface area (Å²) in [6.07, 6.45) is 2.46. The number of sulfonamides is 1. The Morgan fingerprint density at radius 1 is 1.50 bits per heavy atom. The van der Waals surface area contributed by atoms with E-state index in [1.165, 1.54) is 18.5 Å². The smallest absolute Gasteiger partial charge is 0.246 e. The fourth-order valence-electron chi connectivity index (χ4n) is 1.50. The van der Waals surface area contributed by atoms with Crippen LogP contribution in [0.25, 0.3) is 0 Å². The second-order valence-corrected chi connectivity index (χ2v) is 7.18. The molecule has 0 saturated carbocycles. The molecule has 0 atom stereocenters. The lowest BCUT2D eigenvalue weighted by Crippen LogP contribution is -2.31. The molecule has 0 saturated heterocycles. The van der Waals surface area contributed by atoms with Crippen LogP contribution in [0.15, 0.2) is 21.6 Å². The van der Waals surface area contributed by atoms with Crippen molar-refractivity contribution in [3.63, 3.8) is 0 Å². The zero-order valence-electron chi connectivity index (χ0n) is 11.9. The molecule has 1 rings (SSSR count). The molecule has 114 valence electrons. The first-order valence-electron chi connectivity index (χ1n) is 6.28. The molecule has 1 aromatic heterocycles. The summed E-state index contributed by atoms with van der Waals surface area (Å²) in [5.74, 6) is 0.374. The van der Waals surface area contributed by atoms with Crippen molar-refractivity contribution in [2.75, 3.05) is 39.2 Å². The van der Waals surface area contributed by atoms with Crippen molar-refractivity contribution in [2.24, 2.45) is 0 Å². The molecule has 0 radical (unpaired) electrons. The van der Waals surface area contributed by atoms with Crippen LogP contribution < -0.4 is 5.32 Å². The van der Waals surface area contributed by atoms with E-state index in [1.807, 2.05) is 6.92 Å². The maximum atomic E-state index is 12.5. The standard InChI is InChI=1S/C12H20BrN3O3S/c1-4-5-14-12-11(8-10(13)9-15-12)20(17,18)16(2)6-7-19-3/h8-9H,4-7H2,1-3H3,(H,14,15). The Morgan fingerprint density at radius 2 is 2.20 bits per heavy atom. The molecule has 1 aromatic rings. The monoisotopic (exact) mass is 365 g/mol. The normalized spacial score (nSPS) is 11.8. The maximum absolute atomic E-state index is 12.5. The van der Waals surface area contributed by atoms with Gasteiger partial charge in [0.25, 0.3) is 0 Å². The van der Waals surface area contributed by atoms with Crippen LogP contribution in [0.3, 0.4) is 0 Å². The molecule has 0 aliphatic heterocycles. The van der Waals surface area contributed by atoms with E-state index in [4.69, 9.17) is 4.74 Å². The molecule has 6 nitrogen and oxygen atoms in total. The van der Waals surface area contributed by atoms with Gasteiger partial charge in [-0.2, -0.15) is 4.31 Å². The maximum Gasteiger partial charge on any atom is 0.246 e. The highest BCUT2D eigenvalue weighted by atomic mass is 79.9. The molecule has 0 amide bonds. The largest absolute Gasteiger partial charge is 0.383 e. The van der Waals surface area contributed by atoms with Crippen LogP contribution in [-0.4, -0.2) is 51.6 Å². The molecule has 0 fully saturated rings. The minimum atomic E-state index is -3.60. The first kappa shape index (κ1) is 17.4. The lowest BCUT2D eigenvalue weighted by Gasteiger charge is -2.19. The fraction of sp³-hybridized carbons (Fsp3) is 0.583. The number of halogens is 1. The van der Waals surface area contributed by atoms with Crippen molar-refractivity contribution in [3.8, 4) is 0 Å². The molecule has 8 heteroatoms. The third kappa shape index (κ3) is 4.41. The molecule has 0 bridgehead atoms. The number of nitrogens with one attached hydrogen (secondary N) is 1. The van der Waals surface area contributed by atoms with Gasteiger partial charge in [0.2, 0.25) is 10.0 Å². The van der Waals surface area contributed by atoms with Crippen LogP contribution >= 0.6 is 15.9 Å². The average molecular weight is 366 g/mol. The Hall–Kier alpha value is -0.700. The highest BCUT2D eigenvalue weighted by molar-refractivity contribution is 9.10. The number of aromatic nitrogens is 1. The Labute approximate surface area is 128 Å². The summed E-state index contributed by atoms with van der Waals surface area (Å²) in [5, 5.41) is 3.04. The van der Waals surface area contributed by atoms with Crippen LogP contribution in [0.1, 0.15) is 13.3 Å². The number of rotatable bonds is 8. The van der Waals surface area contributed by atoms with Gasteiger partial charge in [-0.15, -0.1) is 0 Å². The summed E-state index contributed by atoms with van der Waals surface area (Å²) < 4.78 is 31.9. The molecule has 0 aromatic carbocycles. The van der Waals surface area contributed by atoms with Gasteiger partial charge in [-0.25, -0.2) is 13.4 Å². The number of methoxy groups -OCH3 is 1. The van der Waals surface area contributed by atoms with E-state index in [1.54, 1.807) is 12.3 Å². The number of hydrogen-bond donors (Lipinski definition) is 1. The first-order valence-corrected chi connectivity index (χ1v) is 8.51. The number of nitrogens with zero attached hydrogens (tertiary/aromatic N) is 2. The van der Waals surface area contributed by atoms with Gasteiger partial charge in [0.05, 0.1) is 6.61 Å². The lowest BCUT2D eigenvalue weighted by molar-refractivity contribution is 0.185. The predicted molar refractivity (Wildman–Crippen MR) is 82.4 cm³/mol. The highest BCUT2D eigenvalue weighted by Gasteiger charge is 2.25. The van der Waals surface area contributed by atoms with Gasteiger partial charge < -0.3 is 10.1 Å². The van der Waals surface area contributed by atoms with Crippen LogP contribution in [0, 0.1) is 0 Å². The number of likely N-dealkylation sites (N-methyl/N-ethyl adjacent to an activating group) is 1. The Morgan fingerprint density at radius 3 is 2.80 bits per heavy atom. The van der Waals surface area contributed by atoms with Crippen molar-refractivity contribution in [1.29, 1.82) is 0 Å². The van der Waals surface area contributed by atoms with Crippen LogP contribution in [0.5, 0.6) is 0 Å². The number of pyridine rings is 1. The summed E-state index contributed by atoms with van der Waals surface area (Å²) in [5.41, 5.74) is 0. The van der Waals surface area contributed by atoms with E-state index in [0.29, 0.717) is 30.0 Å². The zero-order valence-corrected chi connectivity index (χ0v) is 14.3. The molecule has 0 aliphatic rings. The minimum Gasteiger partial charge on any atom is -0.383 e. The molecule has 0 aliphatic carbocycles. The molecular weight excluding hydrogens is 346 g/mol. The average Bonchev–Trinajstić information content (AvgIpc) is 2.43. The fourth-order valence-corrected chi connectivity index (χ4v) is 3.28.